The Hall–Kier alpha value is -1.55. The molecule has 2 fully saturated rings. The van der Waals surface area contributed by atoms with E-state index in [1.807, 2.05) is 0 Å². The first-order chi connectivity index (χ1) is 12.7. The van der Waals surface area contributed by atoms with Crippen LogP contribution < -0.4 is 10.6 Å². The van der Waals surface area contributed by atoms with Crippen LogP contribution in [-0.2, 0) is 17.6 Å². The maximum Gasteiger partial charge on any atom is 0.315 e. The van der Waals surface area contributed by atoms with Gasteiger partial charge in [0.25, 0.3) is 0 Å². The Morgan fingerprint density at radius 1 is 1.04 bits per heavy atom. The molecule has 1 saturated heterocycles. The Morgan fingerprint density at radius 3 is 2.35 bits per heavy atom. The molecule has 1 heterocycles. The zero-order valence-electron chi connectivity index (χ0n) is 15.8. The molecule has 4 heteroatoms. The second-order valence-electron chi connectivity index (χ2n) is 8.62. The predicted octanol–water partition coefficient (Wildman–Crippen LogP) is 3.83. The minimum absolute atomic E-state index is 0.0217. The molecule has 2 N–H and O–H groups in total. The minimum Gasteiger partial charge on any atom is -0.381 e. The highest BCUT2D eigenvalue weighted by atomic mass is 16.5. The molecule has 0 bridgehead atoms. The summed E-state index contributed by atoms with van der Waals surface area (Å²) in [5.41, 5.74) is 3.49. The van der Waals surface area contributed by atoms with Gasteiger partial charge in [-0.15, -0.1) is 0 Å². The maximum absolute atomic E-state index is 12.2. The van der Waals surface area contributed by atoms with E-state index in [4.69, 9.17) is 4.74 Å². The molecule has 2 aliphatic carbocycles. The fourth-order valence-electron chi connectivity index (χ4n) is 5.16. The van der Waals surface area contributed by atoms with Crippen molar-refractivity contribution < 1.29 is 9.53 Å². The Balaban J connectivity index is 1.13. The van der Waals surface area contributed by atoms with Crippen molar-refractivity contribution in [1.29, 1.82) is 0 Å². The number of carbonyl (C=O) groups excluding carboxylic acids is 1. The van der Waals surface area contributed by atoms with E-state index in [9.17, 15) is 4.79 Å². The molecule has 1 aromatic carbocycles. The van der Waals surface area contributed by atoms with Crippen LogP contribution in [0.2, 0.25) is 0 Å². The smallest absolute Gasteiger partial charge is 0.315 e. The van der Waals surface area contributed by atoms with Crippen LogP contribution in [0.1, 0.15) is 56.1 Å². The Labute approximate surface area is 157 Å². The number of ether oxygens (including phenoxy) is 1. The van der Waals surface area contributed by atoms with Crippen LogP contribution in [0.15, 0.2) is 24.3 Å². The van der Waals surface area contributed by atoms with Gasteiger partial charge < -0.3 is 15.4 Å². The molecule has 142 valence electrons. The second-order valence-corrected chi connectivity index (χ2v) is 8.62. The zero-order valence-corrected chi connectivity index (χ0v) is 15.8. The summed E-state index contributed by atoms with van der Waals surface area (Å²) < 4.78 is 5.52. The SMILES string of the molecule is O=C(NCCC1Cc2ccccc2C1)NC1CCC2(CCOCC2)CC1. The molecule has 2 amide bonds. The van der Waals surface area contributed by atoms with Gasteiger partial charge in [-0.05, 0) is 80.2 Å². The number of urea groups is 1. The van der Waals surface area contributed by atoms with E-state index in [-0.39, 0.29) is 6.03 Å². The summed E-state index contributed by atoms with van der Waals surface area (Å²) in [4.78, 5) is 12.2. The van der Waals surface area contributed by atoms with Gasteiger partial charge in [-0.2, -0.15) is 0 Å². The monoisotopic (exact) mass is 356 g/mol. The molecule has 0 unspecified atom stereocenters. The third-order valence-electron chi connectivity index (χ3n) is 6.91. The number of nitrogens with one attached hydrogen (secondary N) is 2. The molecule has 0 aromatic heterocycles. The topological polar surface area (TPSA) is 50.4 Å². The molecule has 4 rings (SSSR count). The van der Waals surface area contributed by atoms with Crippen LogP contribution in [0.5, 0.6) is 0 Å². The number of benzene rings is 1. The van der Waals surface area contributed by atoms with Crippen molar-refractivity contribution in [2.75, 3.05) is 19.8 Å². The van der Waals surface area contributed by atoms with Crippen LogP contribution in [0.4, 0.5) is 4.79 Å². The molecule has 26 heavy (non-hydrogen) atoms. The zero-order chi connectivity index (χ0) is 17.8. The normalized spacial score (nSPS) is 22.9. The minimum atomic E-state index is 0.0217. The lowest BCUT2D eigenvalue weighted by atomic mass is 9.68. The fraction of sp³-hybridized carbons (Fsp3) is 0.682. The molecule has 3 aliphatic rings. The van der Waals surface area contributed by atoms with Gasteiger partial charge >= 0.3 is 6.03 Å². The number of hydrogen-bond acceptors (Lipinski definition) is 2. The number of rotatable bonds is 4. The van der Waals surface area contributed by atoms with Gasteiger partial charge in [-0.3, -0.25) is 0 Å². The predicted molar refractivity (Wildman–Crippen MR) is 103 cm³/mol. The molecule has 1 aromatic rings. The molecule has 0 radical (unpaired) electrons. The van der Waals surface area contributed by atoms with Crippen LogP contribution >= 0.6 is 0 Å². The summed E-state index contributed by atoms with van der Waals surface area (Å²) in [5, 5.41) is 6.29. The largest absolute Gasteiger partial charge is 0.381 e. The highest BCUT2D eigenvalue weighted by molar-refractivity contribution is 5.74. The van der Waals surface area contributed by atoms with E-state index in [1.165, 1.54) is 36.8 Å². The molecule has 1 saturated carbocycles. The summed E-state index contributed by atoms with van der Waals surface area (Å²) >= 11 is 0. The van der Waals surface area contributed by atoms with Crippen molar-refractivity contribution in [2.24, 2.45) is 11.3 Å². The summed E-state index contributed by atoms with van der Waals surface area (Å²) in [5.74, 6) is 0.677. The number of fused-ring (bicyclic) bond motifs is 1. The lowest BCUT2D eigenvalue weighted by molar-refractivity contribution is -0.00860. The first-order valence-electron chi connectivity index (χ1n) is 10.4. The summed E-state index contributed by atoms with van der Waals surface area (Å²) in [6.07, 6.45) is 10.5. The van der Waals surface area contributed by atoms with Crippen LogP contribution in [0.25, 0.3) is 0 Å². The molecule has 1 spiro atoms. The fourth-order valence-corrected chi connectivity index (χ4v) is 5.16. The second kappa shape index (κ2) is 7.99. The molecule has 1 aliphatic heterocycles. The molecule has 0 atom stereocenters. The van der Waals surface area contributed by atoms with Crippen molar-refractivity contribution in [3.63, 3.8) is 0 Å². The van der Waals surface area contributed by atoms with Crippen molar-refractivity contribution in [3.8, 4) is 0 Å². The van der Waals surface area contributed by atoms with Gasteiger partial charge in [0.1, 0.15) is 0 Å². The van der Waals surface area contributed by atoms with E-state index in [0.29, 0.717) is 17.4 Å². The molecule has 4 nitrogen and oxygen atoms in total. The van der Waals surface area contributed by atoms with E-state index < -0.39 is 0 Å². The van der Waals surface area contributed by atoms with Crippen molar-refractivity contribution in [1.82, 2.24) is 10.6 Å². The quantitative estimate of drug-likeness (QED) is 0.861. The summed E-state index contributed by atoms with van der Waals surface area (Å²) in [6.45, 7) is 2.62. The number of carbonyl (C=O) groups is 1. The van der Waals surface area contributed by atoms with Crippen LogP contribution in [0, 0.1) is 11.3 Å². The molecular formula is C22H32N2O2. The maximum atomic E-state index is 12.2. The Bertz CT molecular complexity index is 589. The van der Waals surface area contributed by atoms with Gasteiger partial charge in [0, 0.05) is 25.8 Å². The third kappa shape index (κ3) is 4.22. The first-order valence-corrected chi connectivity index (χ1v) is 10.4. The van der Waals surface area contributed by atoms with Gasteiger partial charge in [0.05, 0.1) is 0 Å². The lowest BCUT2D eigenvalue weighted by Crippen LogP contribution is -2.46. The van der Waals surface area contributed by atoms with E-state index in [0.717, 1.165) is 51.9 Å². The number of amides is 2. The van der Waals surface area contributed by atoms with Gasteiger partial charge in [0.2, 0.25) is 0 Å². The van der Waals surface area contributed by atoms with E-state index in [1.54, 1.807) is 0 Å². The Kier molecular flexibility index (Phi) is 5.49. The lowest BCUT2D eigenvalue weighted by Gasteiger charge is -2.42. The van der Waals surface area contributed by atoms with Crippen molar-refractivity contribution >= 4 is 6.03 Å². The number of hydrogen-bond donors (Lipinski definition) is 2. The standard InChI is InChI=1S/C22H32N2O2/c25-21(23-12-7-17-15-18-3-1-2-4-19(18)16-17)24-20-5-8-22(9-6-20)10-13-26-14-11-22/h1-4,17,20H,5-16H2,(H2,23,24,25). The highest BCUT2D eigenvalue weighted by Gasteiger charge is 2.36. The molecular weight excluding hydrogens is 324 g/mol. The summed E-state index contributed by atoms with van der Waals surface area (Å²) in [6, 6.07) is 9.10. The van der Waals surface area contributed by atoms with Crippen LogP contribution in [0.3, 0.4) is 0 Å². The van der Waals surface area contributed by atoms with Gasteiger partial charge in [-0.25, -0.2) is 4.79 Å². The average Bonchev–Trinajstić information content (AvgIpc) is 3.07. The highest BCUT2D eigenvalue weighted by Crippen LogP contribution is 2.44. The van der Waals surface area contributed by atoms with E-state index in [2.05, 4.69) is 34.9 Å². The summed E-state index contributed by atoms with van der Waals surface area (Å²) in [7, 11) is 0. The third-order valence-corrected chi connectivity index (χ3v) is 6.91. The van der Waals surface area contributed by atoms with E-state index >= 15 is 0 Å². The van der Waals surface area contributed by atoms with Gasteiger partial charge in [-0.1, -0.05) is 24.3 Å². The van der Waals surface area contributed by atoms with Crippen molar-refractivity contribution in [3.05, 3.63) is 35.4 Å². The van der Waals surface area contributed by atoms with Crippen molar-refractivity contribution in [2.45, 2.75) is 63.8 Å². The Morgan fingerprint density at radius 2 is 1.69 bits per heavy atom. The average molecular weight is 357 g/mol. The van der Waals surface area contributed by atoms with Gasteiger partial charge in [0.15, 0.2) is 0 Å². The first kappa shape index (κ1) is 17.8. The van der Waals surface area contributed by atoms with Crippen LogP contribution in [-0.4, -0.2) is 31.8 Å².